The lowest BCUT2D eigenvalue weighted by molar-refractivity contribution is 0.265. The molecule has 1 rings (SSSR count). The molecule has 0 amide bonds. The number of aliphatic imine (C=N–C) groups is 1. The van der Waals surface area contributed by atoms with Gasteiger partial charge in [0.2, 0.25) is 10.0 Å². The van der Waals surface area contributed by atoms with E-state index in [1.807, 2.05) is 37.3 Å². The molecule has 0 spiro atoms. The van der Waals surface area contributed by atoms with E-state index in [1.165, 1.54) is 0 Å². The van der Waals surface area contributed by atoms with Crippen LogP contribution in [0.1, 0.15) is 32.3 Å². The van der Waals surface area contributed by atoms with Gasteiger partial charge in [-0.3, -0.25) is 4.99 Å². The molecule has 1 aromatic carbocycles. The van der Waals surface area contributed by atoms with Crippen LogP contribution in [0.25, 0.3) is 0 Å². The number of aliphatic hydroxyl groups is 1. The molecule has 1 unspecified atom stereocenters. The minimum absolute atomic E-state index is 0.0253. The highest BCUT2D eigenvalue weighted by Gasteiger charge is 2.22. The maximum atomic E-state index is 11.4. The van der Waals surface area contributed by atoms with Crippen molar-refractivity contribution >= 4 is 16.0 Å². The molecule has 0 fully saturated rings. The molecule has 0 saturated heterocycles. The Kier molecular flexibility index (Phi) is 8.34. The van der Waals surface area contributed by atoms with Crippen molar-refractivity contribution < 1.29 is 13.5 Å². The number of rotatable bonds is 9. The van der Waals surface area contributed by atoms with Gasteiger partial charge in [-0.05, 0) is 26.3 Å². The lowest BCUT2D eigenvalue weighted by Crippen LogP contribution is -2.47. The lowest BCUT2D eigenvalue weighted by atomic mass is 10.0. The number of hydrogen-bond donors (Lipinski definition) is 4. The molecular weight excluding hydrogens is 340 g/mol. The molecule has 142 valence electrons. The molecule has 0 saturated carbocycles. The van der Waals surface area contributed by atoms with Crippen molar-refractivity contribution in [2.24, 2.45) is 4.99 Å². The molecule has 0 aliphatic rings. The van der Waals surface area contributed by atoms with Crippen molar-refractivity contribution in [3.63, 3.8) is 0 Å². The zero-order valence-corrected chi connectivity index (χ0v) is 16.2. The maximum absolute atomic E-state index is 11.4. The Hall–Kier alpha value is -1.64. The van der Waals surface area contributed by atoms with Gasteiger partial charge < -0.3 is 15.7 Å². The predicted molar refractivity (Wildman–Crippen MR) is 102 cm³/mol. The fourth-order valence-electron chi connectivity index (χ4n) is 2.39. The van der Waals surface area contributed by atoms with Crippen molar-refractivity contribution in [2.75, 3.05) is 32.5 Å². The Morgan fingerprint density at radius 3 is 2.40 bits per heavy atom. The summed E-state index contributed by atoms with van der Waals surface area (Å²) >= 11 is 0. The molecule has 1 atom stereocenters. The van der Waals surface area contributed by atoms with Crippen LogP contribution in [0.5, 0.6) is 0 Å². The van der Waals surface area contributed by atoms with E-state index in [-0.39, 0.29) is 19.1 Å². The van der Waals surface area contributed by atoms with Gasteiger partial charge in [0, 0.05) is 24.5 Å². The van der Waals surface area contributed by atoms with Crippen LogP contribution in [0.4, 0.5) is 0 Å². The first-order valence-electron chi connectivity index (χ1n) is 8.34. The topological polar surface area (TPSA) is 103 Å². The van der Waals surface area contributed by atoms with Crippen molar-refractivity contribution in [1.82, 2.24) is 15.4 Å². The van der Waals surface area contributed by atoms with Gasteiger partial charge in [0.25, 0.3) is 0 Å². The van der Waals surface area contributed by atoms with Gasteiger partial charge >= 0.3 is 0 Å². The van der Waals surface area contributed by atoms with Gasteiger partial charge in [0.1, 0.15) is 0 Å². The first kappa shape index (κ1) is 21.4. The van der Waals surface area contributed by atoms with Crippen LogP contribution in [-0.4, -0.2) is 57.5 Å². The summed E-state index contributed by atoms with van der Waals surface area (Å²) in [5, 5.41) is 16.0. The van der Waals surface area contributed by atoms with Crippen LogP contribution in [0.15, 0.2) is 35.3 Å². The largest absolute Gasteiger partial charge is 0.396 e. The van der Waals surface area contributed by atoms with Gasteiger partial charge in [-0.1, -0.05) is 30.3 Å². The fourth-order valence-corrected chi connectivity index (χ4v) is 3.45. The smallest absolute Gasteiger partial charge is 0.209 e. The van der Waals surface area contributed by atoms with Crippen LogP contribution in [0, 0.1) is 0 Å². The second-order valence-electron chi connectivity index (χ2n) is 6.62. The summed E-state index contributed by atoms with van der Waals surface area (Å²) in [5.74, 6) is 0.535. The number of benzene rings is 1. The molecular formula is C17H30N4O3S. The zero-order chi connectivity index (χ0) is 18.9. The minimum Gasteiger partial charge on any atom is -0.396 e. The Balaban J connectivity index is 2.72. The quantitative estimate of drug-likeness (QED) is 0.377. The van der Waals surface area contributed by atoms with Crippen LogP contribution in [0.3, 0.4) is 0 Å². The van der Waals surface area contributed by atoms with E-state index in [9.17, 15) is 13.5 Å². The van der Waals surface area contributed by atoms with E-state index >= 15 is 0 Å². The Morgan fingerprint density at radius 2 is 1.88 bits per heavy atom. The van der Waals surface area contributed by atoms with Gasteiger partial charge in [0.05, 0.1) is 19.4 Å². The molecule has 1 aromatic rings. The van der Waals surface area contributed by atoms with Gasteiger partial charge in [0.15, 0.2) is 5.96 Å². The highest BCUT2D eigenvalue weighted by molar-refractivity contribution is 7.88. The molecule has 0 radical (unpaired) electrons. The van der Waals surface area contributed by atoms with Gasteiger partial charge in [-0.2, -0.15) is 0 Å². The standard InChI is InChI=1S/C17H30N4O3S/c1-5-18-16(20-13-17(2,3)21-25(4,23)24)19-11-15(12-22)14-9-7-6-8-10-14/h6-10,15,21-22H,5,11-13H2,1-4H3,(H2,18,19,20). The zero-order valence-electron chi connectivity index (χ0n) is 15.4. The average Bonchev–Trinajstić information content (AvgIpc) is 2.52. The molecule has 0 aliphatic carbocycles. The molecule has 7 nitrogen and oxygen atoms in total. The summed E-state index contributed by atoms with van der Waals surface area (Å²) in [4.78, 5) is 4.46. The van der Waals surface area contributed by atoms with Crippen LogP contribution >= 0.6 is 0 Å². The predicted octanol–water partition coefficient (Wildman–Crippen LogP) is 0.645. The number of guanidine groups is 1. The minimum atomic E-state index is -3.30. The lowest BCUT2D eigenvalue weighted by Gasteiger charge is -2.24. The molecule has 0 aromatic heterocycles. The second kappa shape index (κ2) is 9.74. The third kappa shape index (κ3) is 8.85. The first-order chi connectivity index (χ1) is 11.7. The Bertz CT molecular complexity index is 645. The second-order valence-corrected chi connectivity index (χ2v) is 8.37. The molecule has 8 heteroatoms. The summed E-state index contributed by atoms with van der Waals surface area (Å²) < 4.78 is 25.4. The van der Waals surface area contributed by atoms with E-state index in [4.69, 9.17) is 0 Å². The number of aliphatic hydroxyl groups excluding tert-OH is 1. The SMILES string of the molecule is CCNC(=NCC(C)(C)NS(C)(=O)=O)NCC(CO)c1ccccc1. The Morgan fingerprint density at radius 1 is 1.24 bits per heavy atom. The molecule has 25 heavy (non-hydrogen) atoms. The van der Waals surface area contributed by atoms with Crippen molar-refractivity contribution in [1.29, 1.82) is 0 Å². The van der Waals surface area contributed by atoms with E-state index in [0.29, 0.717) is 19.0 Å². The molecule has 4 N–H and O–H groups in total. The summed E-state index contributed by atoms with van der Waals surface area (Å²) in [6.45, 7) is 7.02. The third-order valence-electron chi connectivity index (χ3n) is 3.45. The van der Waals surface area contributed by atoms with Gasteiger partial charge in [-0.25, -0.2) is 13.1 Å². The average molecular weight is 371 g/mol. The van der Waals surface area contributed by atoms with E-state index < -0.39 is 15.6 Å². The number of nitrogens with zero attached hydrogens (tertiary/aromatic N) is 1. The van der Waals surface area contributed by atoms with Crippen LogP contribution < -0.4 is 15.4 Å². The van der Waals surface area contributed by atoms with E-state index in [1.54, 1.807) is 13.8 Å². The van der Waals surface area contributed by atoms with Crippen molar-refractivity contribution in [3.8, 4) is 0 Å². The summed E-state index contributed by atoms with van der Waals surface area (Å²) in [5.41, 5.74) is 0.360. The van der Waals surface area contributed by atoms with Crippen LogP contribution in [-0.2, 0) is 10.0 Å². The summed E-state index contributed by atoms with van der Waals surface area (Å²) in [7, 11) is -3.30. The summed E-state index contributed by atoms with van der Waals surface area (Å²) in [6.07, 6.45) is 1.13. The van der Waals surface area contributed by atoms with Crippen LogP contribution in [0.2, 0.25) is 0 Å². The van der Waals surface area contributed by atoms with Gasteiger partial charge in [-0.15, -0.1) is 0 Å². The monoisotopic (exact) mass is 370 g/mol. The van der Waals surface area contributed by atoms with Crippen molar-refractivity contribution in [3.05, 3.63) is 35.9 Å². The molecule has 0 aliphatic heterocycles. The number of hydrogen-bond acceptors (Lipinski definition) is 4. The molecule has 0 heterocycles. The number of nitrogens with one attached hydrogen (secondary N) is 3. The highest BCUT2D eigenvalue weighted by atomic mass is 32.2. The normalized spacial score (nSPS) is 14.2. The van der Waals surface area contributed by atoms with Crippen molar-refractivity contribution in [2.45, 2.75) is 32.2 Å². The highest BCUT2D eigenvalue weighted by Crippen LogP contribution is 2.13. The molecule has 0 bridgehead atoms. The Labute approximate surface area is 151 Å². The summed E-state index contributed by atoms with van der Waals surface area (Å²) in [6, 6.07) is 9.78. The van der Waals surface area contributed by atoms with E-state index in [2.05, 4.69) is 20.3 Å². The van der Waals surface area contributed by atoms with E-state index in [0.717, 1.165) is 11.8 Å². The fraction of sp³-hybridized carbons (Fsp3) is 0.588. The third-order valence-corrected chi connectivity index (χ3v) is 4.37. The maximum Gasteiger partial charge on any atom is 0.209 e. The first-order valence-corrected chi connectivity index (χ1v) is 10.2. The number of sulfonamides is 1.